The second-order valence-corrected chi connectivity index (χ2v) is 6.97. The summed E-state index contributed by atoms with van der Waals surface area (Å²) < 4.78 is 44.2. The first-order valence-electron chi connectivity index (χ1n) is 8.10. The maximum absolute atomic E-state index is 12.9. The van der Waals surface area contributed by atoms with Crippen LogP contribution < -0.4 is 9.64 Å². The lowest BCUT2D eigenvalue weighted by atomic mass is 10.1. The van der Waals surface area contributed by atoms with Crippen molar-refractivity contribution >= 4 is 28.1 Å². The fourth-order valence-corrected chi connectivity index (χ4v) is 3.39. The Morgan fingerprint density at radius 1 is 1.18 bits per heavy atom. The highest BCUT2D eigenvalue weighted by Gasteiger charge is 2.30. The number of nitrogens with zero attached hydrogens (tertiary/aromatic N) is 2. The topological polar surface area (TPSA) is 62.7 Å². The van der Waals surface area contributed by atoms with Crippen LogP contribution in [-0.4, -0.2) is 16.2 Å². The highest BCUT2D eigenvalue weighted by Crippen LogP contribution is 2.39. The van der Waals surface area contributed by atoms with E-state index in [0.717, 1.165) is 28.4 Å². The van der Waals surface area contributed by atoms with Gasteiger partial charge in [-0.15, -0.1) is 0 Å². The number of thiazole rings is 1. The molecule has 0 unspecified atom stereocenters. The van der Waals surface area contributed by atoms with Gasteiger partial charge in [0.05, 0.1) is 16.3 Å². The third-order valence-electron chi connectivity index (χ3n) is 3.72. The minimum Gasteiger partial charge on any atom is -0.471 e. The molecule has 0 atom stereocenters. The van der Waals surface area contributed by atoms with E-state index in [4.69, 9.17) is 4.74 Å². The predicted molar refractivity (Wildman–Crippen MR) is 99.2 cm³/mol. The summed E-state index contributed by atoms with van der Waals surface area (Å²) in [5.41, 5.74) is -0.0738. The van der Waals surface area contributed by atoms with Crippen LogP contribution in [-0.2, 0) is 12.8 Å². The molecule has 1 aromatic heterocycles. The molecule has 5 nitrogen and oxygen atoms in total. The van der Waals surface area contributed by atoms with Crippen LogP contribution in [0.5, 0.6) is 5.88 Å². The molecule has 28 heavy (non-hydrogen) atoms. The van der Waals surface area contributed by atoms with E-state index in [1.807, 2.05) is 0 Å². The molecule has 1 amide bonds. The van der Waals surface area contributed by atoms with Crippen molar-refractivity contribution in [3.05, 3.63) is 70.7 Å². The monoisotopic (exact) mass is 408 g/mol. The first-order valence-corrected chi connectivity index (χ1v) is 8.92. The first-order chi connectivity index (χ1) is 13.3. The summed E-state index contributed by atoms with van der Waals surface area (Å²) in [7, 11) is 0. The van der Waals surface area contributed by atoms with Crippen molar-refractivity contribution in [2.24, 2.45) is 0 Å². The second kappa shape index (κ2) is 7.89. The number of alkyl halides is 3. The Kier molecular flexibility index (Phi) is 5.55. The number of hydrogen-bond donors (Lipinski definition) is 1. The van der Waals surface area contributed by atoms with E-state index in [0.29, 0.717) is 16.3 Å². The third kappa shape index (κ3) is 4.42. The van der Waals surface area contributed by atoms with Gasteiger partial charge >= 0.3 is 12.3 Å². The van der Waals surface area contributed by atoms with Gasteiger partial charge in [-0.25, -0.2) is 14.7 Å². The van der Waals surface area contributed by atoms with Gasteiger partial charge in [-0.05, 0) is 36.8 Å². The molecule has 0 aliphatic carbocycles. The molecular weight excluding hydrogens is 393 g/mol. The van der Waals surface area contributed by atoms with Gasteiger partial charge in [-0.2, -0.15) is 13.2 Å². The lowest BCUT2D eigenvalue weighted by Crippen LogP contribution is -2.23. The zero-order chi connectivity index (χ0) is 20.3. The molecule has 0 spiro atoms. The number of aromatic nitrogens is 1. The molecule has 2 aromatic carbocycles. The number of carboxylic acid groups (broad SMARTS) is 1. The average molecular weight is 408 g/mol. The maximum Gasteiger partial charge on any atom is 0.417 e. The van der Waals surface area contributed by atoms with Gasteiger partial charge in [0.25, 0.3) is 5.88 Å². The summed E-state index contributed by atoms with van der Waals surface area (Å²) >= 11 is 1.12. The molecule has 0 saturated carbocycles. The Morgan fingerprint density at radius 3 is 2.54 bits per heavy atom. The summed E-state index contributed by atoms with van der Waals surface area (Å²) in [5, 5.41) is 10.5. The van der Waals surface area contributed by atoms with Crippen molar-refractivity contribution in [3.63, 3.8) is 0 Å². The number of para-hydroxylation sites is 1. The van der Waals surface area contributed by atoms with Gasteiger partial charge in [-0.3, -0.25) is 0 Å². The Bertz CT molecular complexity index is 974. The van der Waals surface area contributed by atoms with E-state index in [-0.39, 0.29) is 17.5 Å². The van der Waals surface area contributed by atoms with Crippen molar-refractivity contribution in [1.29, 1.82) is 0 Å². The molecule has 0 saturated heterocycles. The highest BCUT2D eigenvalue weighted by molar-refractivity contribution is 7.16. The molecule has 9 heteroatoms. The molecule has 0 bridgehead atoms. The second-order valence-electron chi connectivity index (χ2n) is 5.78. The van der Waals surface area contributed by atoms with Gasteiger partial charge in [0.1, 0.15) is 6.61 Å². The molecule has 0 fully saturated rings. The number of carbonyl (C=O) groups is 1. The summed E-state index contributed by atoms with van der Waals surface area (Å²) in [6.45, 7) is 1.51. The van der Waals surface area contributed by atoms with Gasteiger partial charge < -0.3 is 9.84 Å². The van der Waals surface area contributed by atoms with Crippen molar-refractivity contribution in [2.45, 2.75) is 19.7 Å². The van der Waals surface area contributed by atoms with Gasteiger partial charge in [0.2, 0.25) is 0 Å². The molecule has 1 N–H and O–H groups in total. The predicted octanol–water partition coefficient (Wildman–Crippen LogP) is 5.87. The molecule has 3 aromatic rings. The number of rotatable bonds is 5. The summed E-state index contributed by atoms with van der Waals surface area (Å²) in [5.74, 6) is 0.0474. The van der Waals surface area contributed by atoms with E-state index in [9.17, 15) is 23.1 Å². The van der Waals surface area contributed by atoms with Gasteiger partial charge in [-0.1, -0.05) is 41.7 Å². The SMILES string of the molecule is Cc1nc(OCc2cccc(C(F)(F)F)c2)c(N(C(=O)O)c2ccccc2)s1. The van der Waals surface area contributed by atoms with Gasteiger partial charge in [0.15, 0.2) is 5.00 Å². The average Bonchev–Trinajstić information content (AvgIpc) is 3.00. The highest BCUT2D eigenvalue weighted by atomic mass is 32.1. The third-order valence-corrected chi connectivity index (χ3v) is 4.66. The standard InChI is InChI=1S/C19H15F3N2O3S/c1-12-23-16(27-11-13-6-5-7-14(10-13)19(20,21)22)17(28-12)24(18(25)26)15-8-3-2-4-9-15/h2-10H,11H2,1H3,(H,25,26). The van der Waals surface area contributed by atoms with Gasteiger partial charge in [0, 0.05) is 0 Å². The molecular formula is C19H15F3N2O3S. The van der Waals surface area contributed by atoms with Crippen LogP contribution in [0.25, 0.3) is 0 Å². The molecule has 0 aliphatic heterocycles. The van der Waals surface area contributed by atoms with Crippen molar-refractivity contribution < 1.29 is 27.8 Å². The lowest BCUT2D eigenvalue weighted by Gasteiger charge is -2.18. The quantitative estimate of drug-likeness (QED) is 0.574. The maximum atomic E-state index is 12.9. The number of ether oxygens (including phenoxy) is 1. The molecule has 0 radical (unpaired) electrons. The summed E-state index contributed by atoms with van der Waals surface area (Å²) in [6.07, 6.45) is -5.68. The van der Waals surface area contributed by atoms with Crippen LogP contribution in [0, 0.1) is 6.92 Å². The Balaban J connectivity index is 1.88. The summed E-state index contributed by atoms with van der Waals surface area (Å²) in [4.78, 5) is 17.0. The minimum atomic E-state index is -4.45. The number of benzene rings is 2. The number of hydrogen-bond acceptors (Lipinski definition) is 4. The Morgan fingerprint density at radius 2 is 1.89 bits per heavy atom. The van der Waals surface area contributed by atoms with E-state index in [2.05, 4.69) is 4.98 Å². The van der Waals surface area contributed by atoms with Crippen LogP contribution in [0.4, 0.5) is 28.7 Å². The lowest BCUT2D eigenvalue weighted by molar-refractivity contribution is -0.137. The zero-order valence-corrected chi connectivity index (χ0v) is 15.4. The molecule has 146 valence electrons. The van der Waals surface area contributed by atoms with Crippen LogP contribution in [0.2, 0.25) is 0 Å². The van der Waals surface area contributed by atoms with Crippen molar-refractivity contribution in [2.75, 3.05) is 4.90 Å². The number of anilines is 2. The normalized spacial score (nSPS) is 11.3. The zero-order valence-electron chi connectivity index (χ0n) is 14.6. The van der Waals surface area contributed by atoms with Crippen LogP contribution in [0.1, 0.15) is 16.1 Å². The van der Waals surface area contributed by atoms with E-state index >= 15 is 0 Å². The largest absolute Gasteiger partial charge is 0.471 e. The minimum absolute atomic E-state index is 0.0474. The van der Waals surface area contributed by atoms with E-state index in [1.54, 1.807) is 37.3 Å². The van der Waals surface area contributed by atoms with Crippen LogP contribution in [0.3, 0.4) is 0 Å². The Hall–Kier alpha value is -3.07. The fraction of sp³-hybridized carbons (Fsp3) is 0.158. The number of amides is 1. The first kappa shape index (κ1) is 19.7. The fourth-order valence-electron chi connectivity index (χ4n) is 2.51. The van der Waals surface area contributed by atoms with Crippen LogP contribution in [0.15, 0.2) is 54.6 Å². The summed E-state index contributed by atoms with van der Waals surface area (Å²) in [6, 6.07) is 13.2. The molecule has 0 aliphatic rings. The smallest absolute Gasteiger partial charge is 0.417 e. The van der Waals surface area contributed by atoms with Crippen LogP contribution >= 0.6 is 11.3 Å². The Labute approximate surface area is 162 Å². The number of aryl methyl sites for hydroxylation is 1. The molecule has 3 rings (SSSR count). The van der Waals surface area contributed by atoms with E-state index in [1.165, 1.54) is 12.1 Å². The van der Waals surface area contributed by atoms with E-state index < -0.39 is 17.8 Å². The van der Waals surface area contributed by atoms with Crippen molar-refractivity contribution in [1.82, 2.24) is 4.98 Å². The molecule has 1 heterocycles. The number of halogens is 3. The van der Waals surface area contributed by atoms with Crippen molar-refractivity contribution in [3.8, 4) is 5.88 Å².